The molecule has 57 heavy (non-hydrogen) atoms. The first-order valence-electron chi connectivity index (χ1n) is 21.4. The van der Waals surface area contributed by atoms with Crippen LogP contribution in [0.1, 0.15) is 49.7 Å². The van der Waals surface area contributed by atoms with Gasteiger partial charge in [-0.05, 0) is 153 Å². The van der Waals surface area contributed by atoms with Crippen molar-refractivity contribution in [2.75, 3.05) is 9.80 Å². The third-order valence-electron chi connectivity index (χ3n) is 15.3. The number of anilines is 6. The minimum absolute atomic E-state index is 0.116. The third kappa shape index (κ3) is 4.32. The van der Waals surface area contributed by atoms with Gasteiger partial charge in [0.1, 0.15) is 0 Å². The second-order valence-electron chi connectivity index (χ2n) is 18.4. The van der Waals surface area contributed by atoms with Gasteiger partial charge in [-0.1, -0.05) is 127 Å². The number of nitrogens with zero attached hydrogens (tertiary/aromatic N) is 2. The monoisotopic (exact) mass is 748 g/mol. The molecule has 7 aliphatic rings. The van der Waals surface area contributed by atoms with Crippen LogP contribution in [-0.4, -0.2) is 14.8 Å². The number of aryl methyl sites for hydroxylation is 1. The fraction of sp³-hybridized carbons (Fsp3) is 0.208. The molecular weight excluding hydrogens is 703 g/mol. The minimum Gasteiger partial charge on any atom is -0.312 e. The van der Waals surface area contributed by atoms with Gasteiger partial charge in [0.15, 0.2) is 8.07 Å². The highest BCUT2D eigenvalue weighted by Crippen LogP contribution is 2.62. The van der Waals surface area contributed by atoms with Crippen LogP contribution in [0, 0.1) is 24.7 Å². The Bertz CT molecular complexity index is 2690. The summed E-state index contributed by atoms with van der Waals surface area (Å²) in [4.78, 5) is 5.40. The average Bonchev–Trinajstić information content (AvgIpc) is 3.25. The van der Waals surface area contributed by atoms with E-state index < -0.39 is 8.07 Å². The molecule has 0 saturated heterocycles. The van der Waals surface area contributed by atoms with Crippen molar-refractivity contribution in [2.45, 2.75) is 50.9 Å². The second kappa shape index (κ2) is 11.7. The molecule has 0 radical (unpaired) electrons. The number of benzene rings is 7. The molecule has 0 atom stereocenters. The van der Waals surface area contributed by atoms with E-state index in [1.807, 2.05) is 0 Å². The fourth-order valence-electron chi connectivity index (χ4n) is 13.6. The van der Waals surface area contributed by atoms with Crippen molar-refractivity contribution in [3.63, 3.8) is 0 Å². The Kier molecular flexibility index (Phi) is 6.69. The molecule has 2 nitrogen and oxygen atoms in total. The van der Waals surface area contributed by atoms with Crippen molar-refractivity contribution in [2.24, 2.45) is 17.8 Å². The maximum Gasteiger partial charge on any atom is 0.252 e. The summed E-state index contributed by atoms with van der Waals surface area (Å²) in [6.45, 7) is 2.38. The van der Waals surface area contributed by atoms with Crippen LogP contribution >= 0.6 is 0 Å². The van der Waals surface area contributed by atoms with Crippen LogP contribution in [-0.2, 0) is 5.41 Å². The molecule has 0 unspecified atom stereocenters. The number of para-hydroxylation sites is 3. The topological polar surface area (TPSA) is 6.48 Å². The van der Waals surface area contributed by atoms with E-state index in [1.165, 1.54) is 115 Å². The van der Waals surface area contributed by atoms with Crippen LogP contribution in [0.5, 0.6) is 0 Å². The lowest BCUT2D eigenvalue weighted by molar-refractivity contribution is -0.00514. The van der Waals surface area contributed by atoms with Gasteiger partial charge in [0.05, 0.1) is 0 Å². The van der Waals surface area contributed by atoms with Gasteiger partial charge in [0.25, 0.3) is 6.71 Å². The van der Waals surface area contributed by atoms with E-state index in [-0.39, 0.29) is 12.1 Å². The standard InChI is InChI=1S/C53H45BN2Si/c1-35-24-25-43-46(26-35)55(40-14-5-2-6-15-40)47-30-39(53-32-36-27-37(33-53)29-38(28-36)34-53)31-48-51(47)54(43)44-20-13-23-50-52(44)56(48)45-21-11-12-22-49(45)57(50,41-16-7-3-8-17-41)42-18-9-4-10-19-42/h2-26,30-31,36-38H,27-29,32-34H2,1H3. The van der Waals surface area contributed by atoms with Crippen LogP contribution in [0.3, 0.4) is 0 Å². The van der Waals surface area contributed by atoms with E-state index in [0.717, 1.165) is 17.8 Å². The Morgan fingerprint density at radius 3 is 1.75 bits per heavy atom. The summed E-state index contributed by atoms with van der Waals surface area (Å²) >= 11 is 0. The predicted molar refractivity (Wildman–Crippen MR) is 242 cm³/mol. The Labute approximate surface area is 337 Å². The molecule has 14 rings (SSSR count). The second-order valence-corrected chi connectivity index (χ2v) is 22.1. The molecule has 4 bridgehead atoms. The van der Waals surface area contributed by atoms with Gasteiger partial charge in [0.2, 0.25) is 0 Å². The lowest BCUT2D eigenvalue weighted by Crippen LogP contribution is -2.79. The van der Waals surface area contributed by atoms with E-state index in [4.69, 9.17) is 0 Å². The van der Waals surface area contributed by atoms with Crippen molar-refractivity contribution in [3.05, 3.63) is 175 Å². The predicted octanol–water partition coefficient (Wildman–Crippen LogP) is 8.24. The summed E-state index contributed by atoms with van der Waals surface area (Å²) in [5.74, 6) is 2.61. The first kappa shape index (κ1) is 32.5. The SMILES string of the molecule is Cc1ccc2c(c1)N(c1ccccc1)c1cc(C34CC5CC(CC(C5)C3)C4)cc3c1B2c1cccc2c1N3c1ccccc1[Si]2(c1ccccc1)c1ccccc1. The summed E-state index contributed by atoms with van der Waals surface area (Å²) in [5, 5.41) is 5.87. The summed E-state index contributed by atoms with van der Waals surface area (Å²) in [6, 6.07) is 63.9. The number of hydrogen-bond donors (Lipinski definition) is 0. The smallest absolute Gasteiger partial charge is 0.252 e. The maximum absolute atomic E-state index is 2.78. The van der Waals surface area contributed by atoms with Gasteiger partial charge in [-0.25, -0.2) is 0 Å². The molecule has 4 aliphatic carbocycles. The molecule has 0 N–H and O–H groups in total. The molecule has 3 aliphatic heterocycles. The van der Waals surface area contributed by atoms with E-state index in [1.54, 1.807) is 5.56 Å². The van der Waals surface area contributed by atoms with Gasteiger partial charge in [-0.3, -0.25) is 0 Å². The number of rotatable bonds is 4. The molecule has 4 heteroatoms. The lowest BCUT2D eigenvalue weighted by atomic mass is 9.33. The van der Waals surface area contributed by atoms with Crippen LogP contribution in [0.4, 0.5) is 34.1 Å². The Hall–Kier alpha value is -5.58. The van der Waals surface area contributed by atoms with Gasteiger partial charge in [0, 0.05) is 34.1 Å². The van der Waals surface area contributed by atoms with Crippen LogP contribution in [0.2, 0.25) is 0 Å². The maximum atomic E-state index is 2.76. The largest absolute Gasteiger partial charge is 0.312 e. The Morgan fingerprint density at radius 2 is 1.09 bits per heavy atom. The molecule has 3 heterocycles. The van der Waals surface area contributed by atoms with Gasteiger partial charge >= 0.3 is 0 Å². The zero-order valence-electron chi connectivity index (χ0n) is 32.5. The molecule has 4 saturated carbocycles. The van der Waals surface area contributed by atoms with Gasteiger partial charge in [-0.15, -0.1) is 0 Å². The molecule has 4 fully saturated rings. The molecule has 7 aromatic carbocycles. The molecule has 274 valence electrons. The zero-order valence-corrected chi connectivity index (χ0v) is 33.5. The normalized spacial score (nSPS) is 23.7. The highest BCUT2D eigenvalue weighted by molar-refractivity contribution is 7.22. The van der Waals surface area contributed by atoms with Gasteiger partial charge in [-0.2, -0.15) is 0 Å². The van der Waals surface area contributed by atoms with Crippen molar-refractivity contribution < 1.29 is 0 Å². The summed E-state index contributed by atoms with van der Waals surface area (Å²) in [6.07, 6.45) is 8.38. The van der Waals surface area contributed by atoms with E-state index in [2.05, 4.69) is 181 Å². The molecular formula is C53H45BN2Si. The van der Waals surface area contributed by atoms with Crippen molar-refractivity contribution in [1.29, 1.82) is 0 Å². The van der Waals surface area contributed by atoms with E-state index in [0.29, 0.717) is 0 Å². The molecule has 0 spiro atoms. The summed E-state index contributed by atoms with van der Waals surface area (Å²) in [5.41, 5.74) is 15.5. The first-order valence-corrected chi connectivity index (χ1v) is 23.4. The minimum atomic E-state index is -2.78. The van der Waals surface area contributed by atoms with E-state index in [9.17, 15) is 0 Å². The highest BCUT2D eigenvalue weighted by atomic mass is 28.3. The average molecular weight is 749 g/mol. The fourth-order valence-corrected chi connectivity index (χ4v) is 18.8. The highest BCUT2D eigenvalue weighted by Gasteiger charge is 2.56. The Balaban J connectivity index is 1.17. The molecule has 0 aromatic heterocycles. The van der Waals surface area contributed by atoms with Crippen molar-refractivity contribution in [3.8, 4) is 0 Å². The van der Waals surface area contributed by atoms with Crippen LogP contribution < -0.4 is 46.9 Å². The third-order valence-corrected chi connectivity index (χ3v) is 20.1. The first-order chi connectivity index (χ1) is 28.1. The molecule has 0 amide bonds. The molecule has 7 aromatic rings. The number of fused-ring (bicyclic) bond motifs is 6. The van der Waals surface area contributed by atoms with Gasteiger partial charge < -0.3 is 9.80 Å². The van der Waals surface area contributed by atoms with Crippen molar-refractivity contribution >= 4 is 86.0 Å². The number of hydrogen-bond acceptors (Lipinski definition) is 2. The Morgan fingerprint density at radius 1 is 0.509 bits per heavy atom. The van der Waals surface area contributed by atoms with Crippen LogP contribution in [0.25, 0.3) is 0 Å². The van der Waals surface area contributed by atoms with Crippen molar-refractivity contribution in [1.82, 2.24) is 0 Å². The zero-order chi connectivity index (χ0) is 37.5. The van der Waals surface area contributed by atoms with Crippen LogP contribution in [0.15, 0.2) is 164 Å². The summed E-state index contributed by atoms with van der Waals surface area (Å²) in [7, 11) is -2.78. The summed E-state index contributed by atoms with van der Waals surface area (Å²) < 4.78 is 0. The quantitative estimate of drug-likeness (QED) is 0.168. The van der Waals surface area contributed by atoms with E-state index >= 15 is 0 Å². The lowest BCUT2D eigenvalue weighted by Gasteiger charge is -2.58.